The molecule has 0 aromatic rings. The van der Waals surface area contributed by atoms with Crippen LogP contribution in [0, 0.1) is 5.92 Å². The van der Waals surface area contributed by atoms with Gasteiger partial charge in [0.05, 0.1) is 0 Å². The highest BCUT2D eigenvalue weighted by Gasteiger charge is 2.12. The maximum Gasteiger partial charge on any atom is 0.183 e. The lowest BCUT2D eigenvalue weighted by atomic mass is 10.0. The van der Waals surface area contributed by atoms with Crippen LogP contribution >= 0.6 is 0 Å². The zero-order valence-electron chi connectivity index (χ0n) is 11.4. The average molecular weight is 228 g/mol. The van der Waals surface area contributed by atoms with Gasteiger partial charge in [0.15, 0.2) is 8.32 Å². The Bertz CT molecular complexity index is 187. The molecule has 0 saturated carbocycles. The summed E-state index contributed by atoms with van der Waals surface area (Å²) in [5.74, 6) is 0.724. The fraction of sp³-hybridized carbons (Fsp3) is 0.846. The van der Waals surface area contributed by atoms with E-state index in [1.54, 1.807) is 0 Å². The third-order valence-corrected chi connectivity index (χ3v) is 3.28. The minimum atomic E-state index is -1.27. The summed E-state index contributed by atoms with van der Waals surface area (Å²) in [6.07, 6.45) is 6.15. The Labute approximate surface area is 97.0 Å². The fourth-order valence-corrected chi connectivity index (χ4v) is 2.36. The summed E-state index contributed by atoms with van der Waals surface area (Å²) in [7, 11) is -1.27. The van der Waals surface area contributed by atoms with Crippen molar-refractivity contribution in [3.8, 4) is 0 Å². The molecule has 0 aliphatic carbocycles. The van der Waals surface area contributed by atoms with Gasteiger partial charge in [-0.15, -0.1) is 0 Å². The molecule has 2 heteroatoms. The first kappa shape index (κ1) is 14.9. The SMILES string of the molecule is CC(C)=CC(C)CCCCO[Si](C)(C)C. The molecule has 0 amide bonds. The van der Waals surface area contributed by atoms with E-state index in [1.807, 2.05) is 0 Å². The summed E-state index contributed by atoms with van der Waals surface area (Å²) >= 11 is 0. The fourth-order valence-electron chi connectivity index (χ4n) is 1.60. The van der Waals surface area contributed by atoms with Gasteiger partial charge in [-0.25, -0.2) is 0 Å². The molecule has 0 bridgehead atoms. The number of unbranched alkanes of at least 4 members (excludes halogenated alkanes) is 1. The highest BCUT2D eigenvalue weighted by molar-refractivity contribution is 6.69. The molecule has 0 radical (unpaired) electrons. The molecular weight excluding hydrogens is 200 g/mol. The molecule has 15 heavy (non-hydrogen) atoms. The number of hydrogen-bond donors (Lipinski definition) is 0. The topological polar surface area (TPSA) is 9.23 Å². The standard InChI is InChI=1S/C13H28OSi/c1-12(2)11-13(3)9-7-8-10-14-15(4,5)6/h11,13H,7-10H2,1-6H3. The third-order valence-electron chi connectivity index (χ3n) is 2.21. The van der Waals surface area contributed by atoms with Crippen molar-refractivity contribution in [2.45, 2.75) is 59.7 Å². The van der Waals surface area contributed by atoms with Gasteiger partial charge in [0.25, 0.3) is 0 Å². The monoisotopic (exact) mass is 228 g/mol. The zero-order chi connectivity index (χ0) is 11.9. The van der Waals surface area contributed by atoms with Gasteiger partial charge in [0, 0.05) is 6.61 Å². The minimum absolute atomic E-state index is 0.724. The van der Waals surface area contributed by atoms with Crippen LogP contribution in [0.15, 0.2) is 11.6 Å². The zero-order valence-corrected chi connectivity index (χ0v) is 12.4. The number of rotatable bonds is 7. The van der Waals surface area contributed by atoms with Crippen LogP contribution in [0.1, 0.15) is 40.0 Å². The van der Waals surface area contributed by atoms with E-state index in [4.69, 9.17) is 4.43 Å². The van der Waals surface area contributed by atoms with E-state index in [0.717, 1.165) is 12.5 Å². The van der Waals surface area contributed by atoms with Crippen LogP contribution < -0.4 is 0 Å². The number of hydrogen-bond acceptors (Lipinski definition) is 1. The molecule has 0 aliphatic rings. The van der Waals surface area contributed by atoms with Crippen molar-refractivity contribution >= 4 is 8.32 Å². The second-order valence-corrected chi connectivity index (χ2v) is 10.2. The largest absolute Gasteiger partial charge is 0.418 e. The second kappa shape index (κ2) is 7.23. The van der Waals surface area contributed by atoms with E-state index in [0.29, 0.717) is 0 Å². The smallest absolute Gasteiger partial charge is 0.183 e. The molecule has 0 aromatic heterocycles. The first-order valence-corrected chi connectivity index (χ1v) is 9.51. The van der Waals surface area contributed by atoms with Crippen LogP contribution in [-0.2, 0) is 4.43 Å². The molecule has 1 unspecified atom stereocenters. The first-order valence-electron chi connectivity index (χ1n) is 6.10. The van der Waals surface area contributed by atoms with Gasteiger partial charge in [-0.05, 0) is 52.2 Å². The van der Waals surface area contributed by atoms with E-state index in [2.05, 4.69) is 46.5 Å². The van der Waals surface area contributed by atoms with E-state index in [1.165, 1.54) is 24.8 Å². The van der Waals surface area contributed by atoms with Gasteiger partial charge in [-0.2, -0.15) is 0 Å². The normalized spacial score (nSPS) is 13.7. The lowest BCUT2D eigenvalue weighted by Gasteiger charge is -2.17. The van der Waals surface area contributed by atoms with Crippen LogP contribution in [0.2, 0.25) is 19.6 Å². The molecule has 0 N–H and O–H groups in total. The van der Waals surface area contributed by atoms with Crippen molar-refractivity contribution in [1.82, 2.24) is 0 Å². The van der Waals surface area contributed by atoms with Gasteiger partial charge >= 0.3 is 0 Å². The molecule has 0 saturated heterocycles. The van der Waals surface area contributed by atoms with Gasteiger partial charge in [-0.1, -0.05) is 25.0 Å². The molecule has 0 aromatic carbocycles. The Morgan fingerprint density at radius 3 is 2.27 bits per heavy atom. The minimum Gasteiger partial charge on any atom is -0.418 e. The Hall–Kier alpha value is -0.0831. The molecule has 0 rings (SSSR count). The van der Waals surface area contributed by atoms with Crippen LogP contribution in [0.3, 0.4) is 0 Å². The van der Waals surface area contributed by atoms with E-state index in [9.17, 15) is 0 Å². The summed E-state index contributed by atoms with van der Waals surface area (Å²) in [4.78, 5) is 0. The maximum atomic E-state index is 5.82. The summed E-state index contributed by atoms with van der Waals surface area (Å²) in [6.45, 7) is 14.3. The lowest BCUT2D eigenvalue weighted by Crippen LogP contribution is -2.25. The van der Waals surface area contributed by atoms with E-state index >= 15 is 0 Å². The molecule has 0 spiro atoms. The molecule has 0 fully saturated rings. The Morgan fingerprint density at radius 1 is 1.20 bits per heavy atom. The van der Waals surface area contributed by atoms with Gasteiger partial charge in [0.2, 0.25) is 0 Å². The Balaban J connectivity index is 3.43. The quantitative estimate of drug-likeness (QED) is 0.351. The van der Waals surface area contributed by atoms with Crippen molar-refractivity contribution in [2.75, 3.05) is 6.61 Å². The van der Waals surface area contributed by atoms with Crippen molar-refractivity contribution in [3.05, 3.63) is 11.6 Å². The van der Waals surface area contributed by atoms with Gasteiger partial charge < -0.3 is 4.43 Å². The third kappa shape index (κ3) is 11.8. The predicted molar refractivity (Wildman–Crippen MR) is 71.7 cm³/mol. The van der Waals surface area contributed by atoms with Crippen molar-refractivity contribution < 1.29 is 4.43 Å². The van der Waals surface area contributed by atoms with Crippen molar-refractivity contribution in [2.24, 2.45) is 5.92 Å². The molecule has 90 valence electrons. The summed E-state index contributed by atoms with van der Waals surface area (Å²) in [6, 6.07) is 0. The highest BCUT2D eigenvalue weighted by Crippen LogP contribution is 2.12. The van der Waals surface area contributed by atoms with Gasteiger partial charge in [0.1, 0.15) is 0 Å². The summed E-state index contributed by atoms with van der Waals surface area (Å²) < 4.78 is 5.82. The Morgan fingerprint density at radius 2 is 1.80 bits per heavy atom. The molecule has 1 nitrogen and oxygen atoms in total. The predicted octanol–water partition coefficient (Wildman–Crippen LogP) is 4.61. The molecule has 1 atom stereocenters. The van der Waals surface area contributed by atoms with E-state index in [-0.39, 0.29) is 0 Å². The van der Waals surface area contributed by atoms with Crippen LogP contribution in [0.5, 0.6) is 0 Å². The highest BCUT2D eigenvalue weighted by atomic mass is 28.4. The molecule has 0 heterocycles. The molecule has 0 aliphatic heterocycles. The summed E-state index contributed by atoms with van der Waals surface area (Å²) in [5, 5.41) is 0. The first-order chi connectivity index (χ1) is 6.81. The maximum absolute atomic E-state index is 5.82. The van der Waals surface area contributed by atoms with Crippen LogP contribution in [-0.4, -0.2) is 14.9 Å². The molecular formula is C13H28OSi. The van der Waals surface area contributed by atoms with Crippen molar-refractivity contribution in [3.63, 3.8) is 0 Å². The lowest BCUT2D eigenvalue weighted by molar-refractivity contribution is 0.297. The number of allylic oxidation sites excluding steroid dienone is 2. The Kier molecular flexibility index (Phi) is 7.19. The average Bonchev–Trinajstić information content (AvgIpc) is 1.99. The second-order valence-electron chi connectivity index (χ2n) is 5.68. The van der Waals surface area contributed by atoms with Crippen LogP contribution in [0.4, 0.5) is 0 Å². The van der Waals surface area contributed by atoms with Gasteiger partial charge in [-0.3, -0.25) is 0 Å². The summed E-state index contributed by atoms with van der Waals surface area (Å²) in [5.41, 5.74) is 1.43. The van der Waals surface area contributed by atoms with E-state index < -0.39 is 8.32 Å². The van der Waals surface area contributed by atoms with Crippen molar-refractivity contribution in [1.29, 1.82) is 0 Å². The van der Waals surface area contributed by atoms with Crippen LogP contribution in [0.25, 0.3) is 0 Å².